The molecule has 4 nitrogen and oxygen atoms in total. The highest BCUT2D eigenvalue weighted by Gasteiger charge is 2.30. The second-order valence-electron chi connectivity index (χ2n) is 3.89. The van der Waals surface area contributed by atoms with Gasteiger partial charge in [-0.2, -0.15) is 4.31 Å². The van der Waals surface area contributed by atoms with Crippen molar-refractivity contribution < 1.29 is 8.42 Å². The summed E-state index contributed by atoms with van der Waals surface area (Å²) in [5.74, 6) is 0.160. The lowest BCUT2D eigenvalue weighted by atomic mass is 10.1. The Kier molecular flexibility index (Phi) is 7.22. The summed E-state index contributed by atoms with van der Waals surface area (Å²) in [6, 6.07) is 0.00793. The molecule has 96 valence electrons. The number of allylic oxidation sites excluding steroid dienone is 1. The Morgan fingerprint density at radius 2 is 2.12 bits per heavy atom. The fourth-order valence-corrected chi connectivity index (χ4v) is 3.68. The van der Waals surface area contributed by atoms with E-state index < -0.39 is 10.0 Å². The molecule has 1 fully saturated rings. The van der Waals surface area contributed by atoms with E-state index in [1.54, 1.807) is 10.4 Å². The van der Waals surface area contributed by atoms with E-state index in [0.717, 1.165) is 19.3 Å². The molecule has 0 saturated carbocycles. The first kappa shape index (κ1) is 15.9. The van der Waals surface area contributed by atoms with Crippen molar-refractivity contribution in [2.45, 2.75) is 31.7 Å². The van der Waals surface area contributed by atoms with Crippen LogP contribution in [-0.2, 0) is 10.0 Å². The zero-order chi connectivity index (χ0) is 11.3. The van der Waals surface area contributed by atoms with Gasteiger partial charge in [-0.25, -0.2) is 8.42 Å². The predicted octanol–water partition coefficient (Wildman–Crippen LogP) is 1.13. The quantitative estimate of drug-likeness (QED) is 0.761. The monoisotopic (exact) mass is 268 g/mol. The summed E-state index contributed by atoms with van der Waals surface area (Å²) in [6.45, 7) is 4.59. The molecule has 16 heavy (non-hydrogen) atoms. The number of piperidine rings is 1. The Balaban J connectivity index is 0.00000225. The average Bonchev–Trinajstić information content (AvgIpc) is 2.26. The topological polar surface area (TPSA) is 63.4 Å². The van der Waals surface area contributed by atoms with Crippen LogP contribution in [0, 0.1) is 0 Å². The number of halogens is 1. The molecule has 0 amide bonds. The lowest BCUT2D eigenvalue weighted by Crippen LogP contribution is -2.48. The lowest BCUT2D eigenvalue weighted by Gasteiger charge is -2.33. The second-order valence-corrected chi connectivity index (χ2v) is 5.93. The molecule has 0 aromatic heterocycles. The number of rotatable bonds is 5. The molecule has 1 aliphatic heterocycles. The third-order valence-corrected chi connectivity index (χ3v) is 4.73. The van der Waals surface area contributed by atoms with Crippen LogP contribution in [0.3, 0.4) is 0 Å². The summed E-state index contributed by atoms with van der Waals surface area (Å²) >= 11 is 0. The van der Waals surface area contributed by atoms with Crippen molar-refractivity contribution >= 4 is 22.4 Å². The summed E-state index contributed by atoms with van der Waals surface area (Å²) in [4.78, 5) is 0. The maximum atomic E-state index is 11.9. The minimum absolute atomic E-state index is 0. The minimum Gasteiger partial charge on any atom is -0.329 e. The van der Waals surface area contributed by atoms with Crippen molar-refractivity contribution in [1.29, 1.82) is 0 Å². The van der Waals surface area contributed by atoms with Gasteiger partial charge in [-0.3, -0.25) is 0 Å². The number of sulfonamides is 1. The largest absolute Gasteiger partial charge is 0.329 e. The van der Waals surface area contributed by atoms with Crippen LogP contribution in [0.1, 0.15) is 25.7 Å². The molecule has 1 unspecified atom stereocenters. The summed E-state index contributed by atoms with van der Waals surface area (Å²) in [5.41, 5.74) is 5.59. The van der Waals surface area contributed by atoms with E-state index in [9.17, 15) is 8.42 Å². The van der Waals surface area contributed by atoms with Crippen LogP contribution in [0.25, 0.3) is 0 Å². The molecule has 1 aliphatic rings. The summed E-state index contributed by atoms with van der Waals surface area (Å²) in [5, 5.41) is 0. The SMILES string of the molecule is C=CCCS(=O)(=O)N1CCCCC1CN.Cl. The van der Waals surface area contributed by atoms with Gasteiger partial charge in [0.05, 0.1) is 5.75 Å². The van der Waals surface area contributed by atoms with Crippen molar-refractivity contribution in [2.75, 3.05) is 18.8 Å². The first-order chi connectivity index (χ1) is 7.11. The lowest BCUT2D eigenvalue weighted by molar-refractivity contribution is 0.257. The van der Waals surface area contributed by atoms with E-state index in [2.05, 4.69) is 6.58 Å². The van der Waals surface area contributed by atoms with E-state index in [1.807, 2.05) is 0 Å². The van der Waals surface area contributed by atoms with Gasteiger partial charge in [0.2, 0.25) is 10.0 Å². The number of nitrogens with two attached hydrogens (primary N) is 1. The normalized spacial score (nSPS) is 22.4. The van der Waals surface area contributed by atoms with E-state index in [1.165, 1.54) is 0 Å². The zero-order valence-electron chi connectivity index (χ0n) is 9.47. The van der Waals surface area contributed by atoms with Crippen LogP contribution >= 0.6 is 12.4 Å². The predicted molar refractivity (Wildman–Crippen MR) is 69.2 cm³/mol. The molecule has 0 bridgehead atoms. The Labute approximate surface area is 104 Å². The summed E-state index contributed by atoms with van der Waals surface area (Å²) in [6.07, 6.45) is 5.07. The fourth-order valence-electron chi connectivity index (χ4n) is 1.93. The molecule has 6 heteroatoms. The Bertz CT molecular complexity index is 306. The van der Waals surface area contributed by atoms with E-state index in [-0.39, 0.29) is 24.2 Å². The Morgan fingerprint density at radius 1 is 1.44 bits per heavy atom. The molecule has 2 N–H and O–H groups in total. The van der Waals surface area contributed by atoms with Crippen LogP contribution in [0.4, 0.5) is 0 Å². The van der Waals surface area contributed by atoms with Crippen molar-refractivity contribution in [3.8, 4) is 0 Å². The maximum Gasteiger partial charge on any atom is 0.214 e. The third kappa shape index (κ3) is 4.05. The summed E-state index contributed by atoms with van der Waals surface area (Å²) in [7, 11) is -3.12. The van der Waals surface area contributed by atoms with Crippen LogP contribution < -0.4 is 5.73 Å². The van der Waals surface area contributed by atoms with Gasteiger partial charge < -0.3 is 5.73 Å². The van der Waals surface area contributed by atoms with Gasteiger partial charge in [0.25, 0.3) is 0 Å². The Hall–Kier alpha value is -0.100. The van der Waals surface area contributed by atoms with Gasteiger partial charge in [0.1, 0.15) is 0 Å². The Morgan fingerprint density at radius 3 is 2.69 bits per heavy atom. The highest BCUT2D eigenvalue weighted by atomic mass is 35.5. The number of nitrogens with zero attached hydrogens (tertiary/aromatic N) is 1. The highest BCUT2D eigenvalue weighted by molar-refractivity contribution is 7.89. The van der Waals surface area contributed by atoms with Crippen LogP contribution in [0.2, 0.25) is 0 Å². The number of hydrogen-bond donors (Lipinski definition) is 1. The van der Waals surface area contributed by atoms with Crippen LogP contribution in [-0.4, -0.2) is 37.6 Å². The first-order valence-electron chi connectivity index (χ1n) is 5.42. The van der Waals surface area contributed by atoms with E-state index in [4.69, 9.17) is 5.73 Å². The second kappa shape index (κ2) is 7.27. The molecular formula is C10H21ClN2O2S. The summed E-state index contributed by atoms with van der Waals surface area (Å²) < 4.78 is 25.5. The van der Waals surface area contributed by atoms with Crippen LogP contribution in [0.15, 0.2) is 12.7 Å². The van der Waals surface area contributed by atoms with Crippen molar-refractivity contribution in [3.05, 3.63) is 12.7 Å². The third-order valence-electron chi connectivity index (χ3n) is 2.78. The fraction of sp³-hybridized carbons (Fsp3) is 0.800. The van der Waals surface area contributed by atoms with Crippen molar-refractivity contribution in [2.24, 2.45) is 5.73 Å². The first-order valence-corrected chi connectivity index (χ1v) is 7.03. The van der Waals surface area contributed by atoms with Gasteiger partial charge >= 0.3 is 0 Å². The van der Waals surface area contributed by atoms with E-state index >= 15 is 0 Å². The molecule has 1 saturated heterocycles. The molecule has 1 heterocycles. The maximum absolute atomic E-state index is 11.9. The van der Waals surface area contributed by atoms with Gasteiger partial charge in [-0.05, 0) is 19.3 Å². The molecule has 0 aromatic carbocycles. The molecular weight excluding hydrogens is 248 g/mol. The van der Waals surface area contributed by atoms with Gasteiger partial charge in [-0.15, -0.1) is 19.0 Å². The average molecular weight is 269 g/mol. The van der Waals surface area contributed by atoms with Crippen molar-refractivity contribution in [3.63, 3.8) is 0 Å². The molecule has 1 rings (SSSR count). The van der Waals surface area contributed by atoms with E-state index in [0.29, 0.717) is 19.5 Å². The molecule has 0 aliphatic carbocycles. The van der Waals surface area contributed by atoms with Gasteiger partial charge in [-0.1, -0.05) is 12.5 Å². The highest BCUT2D eigenvalue weighted by Crippen LogP contribution is 2.20. The molecule has 1 atom stereocenters. The van der Waals surface area contributed by atoms with Crippen LogP contribution in [0.5, 0.6) is 0 Å². The van der Waals surface area contributed by atoms with Gasteiger partial charge in [0.15, 0.2) is 0 Å². The standard InChI is InChI=1S/C10H20N2O2S.ClH/c1-2-3-8-15(13,14)12-7-5-4-6-10(12)9-11;/h2,10H,1,3-9,11H2;1H. The molecule has 0 aromatic rings. The van der Waals surface area contributed by atoms with Gasteiger partial charge in [0, 0.05) is 19.1 Å². The number of hydrogen-bond acceptors (Lipinski definition) is 3. The smallest absolute Gasteiger partial charge is 0.214 e. The molecule has 0 radical (unpaired) electrons. The van der Waals surface area contributed by atoms with Crippen molar-refractivity contribution in [1.82, 2.24) is 4.31 Å². The zero-order valence-corrected chi connectivity index (χ0v) is 11.1. The molecule has 0 spiro atoms. The minimum atomic E-state index is -3.12.